The molecule has 23 heavy (non-hydrogen) atoms. The van der Waals surface area contributed by atoms with Crippen LogP contribution in [0.4, 0.5) is 8.78 Å². The molecule has 0 aliphatic carbocycles. The van der Waals surface area contributed by atoms with Crippen molar-refractivity contribution in [1.29, 1.82) is 0 Å². The monoisotopic (exact) mass is 317 g/mol. The molecule has 6 heteroatoms. The summed E-state index contributed by atoms with van der Waals surface area (Å²) in [5.74, 6) is -0.362. The van der Waals surface area contributed by atoms with Crippen molar-refractivity contribution in [3.63, 3.8) is 0 Å². The Hall–Kier alpha value is -2.47. The van der Waals surface area contributed by atoms with Gasteiger partial charge < -0.3 is 4.42 Å². The molecule has 3 aromatic rings. The van der Waals surface area contributed by atoms with Gasteiger partial charge >= 0.3 is 0 Å². The molecule has 1 N–H and O–H groups in total. The number of nitrogens with one attached hydrogen (secondary N) is 1. The van der Waals surface area contributed by atoms with Crippen molar-refractivity contribution in [2.24, 2.45) is 0 Å². The molecule has 1 aromatic carbocycles. The van der Waals surface area contributed by atoms with Crippen LogP contribution in [0.15, 0.2) is 47.2 Å². The zero-order valence-corrected chi connectivity index (χ0v) is 12.9. The lowest BCUT2D eigenvalue weighted by molar-refractivity contribution is 0.223. The molecule has 120 valence electrons. The molecule has 0 radical (unpaired) electrons. The molecule has 2 aromatic heterocycles. The number of aromatic nitrogens is 2. The van der Waals surface area contributed by atoms with Crippen molar-refractivity contribution in [3.8, 4) is 11.3 Å². The van der Waals surface area contributed by atoms with Crippen LogP contribution in [0, 0.1) is 11.6 Å². The number of furan rings is 1. The van der Waals surface area contributed by atoms with E-state index in [9.17, 15) is 8.78 Å². The van der Waals surface area contributed by atoms with Crippen LogP contribution in [0.3, 0.4) is 0 Å². The molecule has 1 atom stereocenters. The van der Waals surface area contributed by atoms with Gasteiger partial charge in [-0.25, -0.2) is 8.78 Å². The minimum atomic E-state index is -0.614. The third kappa shape index (κ3) is 3.17. The van der Waals surface area contributed by atoms with Crippen molar-refractivity contribution in [2.45, 2.75) is 19.5 Å². The normalized spacial score (nSPS) is 12.7. The minimum Gasteiger partial charge on any atom is -0.468 e. The fourth-order valence-electron chi connectivity index (χ4n) is 2.51. The quantitative estimate of drug-likeness (QED) is 0.769. The SMILES string of the molecule is CC(c1ccco1)N(C)Cc1cn[nH]c1-c1ccc(F)cc1F. The molecule has 2 heterocycles. The molecule has 1 unspecified atom stereocenters. The maximum absolute atomic E-state index is 14.0. The van der Waals surface area contributed by atoms with Crippen LogP contribution in [0.5, 0.6) is 0 Å². The molecule has 0 spiro atoms. The number of aromatic amines is 1. The van der Waals surface area contributed by atoms with Crippen molar-refractivity contribution >= 4 is 0 Å². The van der Waals surface area contributed by atoms with Crippen LogP contribution in [-0.4, -0.2) is 22.1 Å². The molecule has 0 aliphatic heterocycles. The van der Waals surface area contributed by atoms with Gasteiger partial charge in [-0.2, -0.15) is 5.10 Å². The largest absolute Gasteiger partial charge is 0.468 e. The van der Waals surface area contributed by atoms with Gasteiger partial charge in [0.05, 0.1) is 24.2 Å². The minimum absolute atomic E-state index is 0.0609. The lowest BCUT2D eigenvalue weighted by atomic mass is 10.1. The van der Waals surface area contributed by atoms with Gasteiger partial charge in [0.25, 0.3) is 0 Å². The summed E-state index contributed by atoms with van der Waals surface area (Å²) in [7, 11) is 1.95. The number of hydrogen-bond acceptors (Lipinski definition) is 3. The van der Waals surface area contributed by atoms with Gasteiger partial charge in [0.2, 0.25) is 0 Å². The number of rotatable bonds is 5. The molecule has 0 amide bonds. The number of H-pyrrole nitrogens is 1. The highest BCUT2D eigenvalue weighted by Crippen LogP contribution is 2.27. The topological polar surface area (TPSA) is 45.1 Å². The third-order valence-electron chi connectivity index (χ3n) is 3.95. The van der Waals surface area contributed by atoms with Gasteiger partial charge in [-0.15, -0.1) is 0 Å². The van der Waals surface area contributed by atoms with E-state index in [4.69, 9.17) is 4.42 Å². The van der Waals surface area contributed by atoms with E-state index >= 15 is 0 Å². The molecular formula is C17H17F2N3O. The Morgan fingerprint density at radius 2 is 2.13 bits per heavy atom. The van der Waals surface area contributed by atoms with E-state index < -0.39 is 11.6 Å². The second kappa shape index (κ2) is 6.34. The maximum atomic E-state index is 14.0. The zero-order valence-electron chi connectivity index (χ0n) is 12.9. The van der Waals surface area contributed by atoms with Gasteiger partial charge in [-0.3, -0.25) is 10.00 Å². The first kappa shape index (κ1) is 15.4. The second-order valence-electron chi connectivity index (χ2n) is 5.50. The smallest absolute Gasteiger partial charge is 0.135 e. The predicted octanol–water partition coefficient (Wildman–Crippen LogP) is 4.14. The van der Waals surface area contributed by atoms with Crippen LogP contribution in [-0.2, 0) is 6.54 Å². The highest BCUT2D eigenvalue weighted by atomic mass is 19.1. The van der Waals surface area contributed by atoms with Crippen LogP contribution >= 0.6 is 0 Å². The highest BCUT2D eigenvalue weighted by Gasteiger charge is 2.18. The van der Waals surface area contributed by atoms with E-state index in [-0.39, 0.29) is 6.04 Å². The Morgan fingerprint density at radius 3 is 2.83 bits per heavy atom. The summed E-state index contributed by atoms with van der Waals surface area (Å²) in [6, 6.07) is 7.34. The summed E-state index contributed by atoms with van der Waals surface area (Å²) in [4.78, 5) is 2.06. The van der Waals surface area contributed by atoms with Crippen molar-refractivity contribution < 1.29 is 13.2 Å². The lowest BCUT2D eigenvalue weighted by Crippen LogP contribution is -2.21. The average Bonchev–Trinajstić information content (AvgIpc) is 3.18. The number of hydrogen-bond donors (Lipinski definition) is 1. The van der Waals surface area contributed by atoms with E-state index in [0.717, 1.165) is 17.4 Å². The Labute approximate surface area is 132 Å². The summed E-state index contributed by atoms with van der Waals surface area (Å²) in [6.07, 6.45) is 3.29. The van der Waals surface area contributed by atoms with Gasteiger partial charge in [-0.05, 0) is 38.2 Å². The van der Waals surface area contributed by atoms with Crippen LogP contribution < -0.4 is 0 Å². The zero-order chi connectivity index (χ0) is 16.4. The molecule has 0 saturated heterocycles. The highest BCUT2D eigenvalue weighted by molar-refractivity contribution is 5.63. The molecule has 0 bridgehead atoms. The summed E-state index contributed by atoms with van der Waals surface area (Å²) in [5, 5.41) is 6.80. The van der Waals surface area contributed by atoms with E-state index in [1.54, 1.807) is 12.5 Å². The molecule has 0 aliphatic rings. The van der Waals surface area contributed by atoms with Crippen LogP contribution in [0.25, 0.3) is 11.3 Å². The standard InChI is InChI=1S/C17H17F2N3O/c1-11(16-4-3-7-23-16)22(2)10-12-9-20-21-17(12)14-6-5-13(18)8-15(14)19/h3-9,11H,10H2,1-2H3,(H,20,21). The lowest BCUT2D eigenvalue weighted by Gasteiger charge is -2.22. The third-order valence-corrected chi connectivity index (χ3v) is 3.95. The fourth-order valence-corrected chi connectivity index (χ4v) is 2.51. The molecular weight excluding hydrogens is 300 g/mol. The summed E-state index contributed by atoms with van der Waals surface area (Å²) < 4.78 is 32.5. The first-order chi connectivity index (χ1) is 11.1. The Balaban J connectivity index is 1.84. The van der Waals surface area contributed by atoms with Crippen LogP contribution in [0.2, 0.25) is 0 Å². The van der Waals surface area contributed by atoms with Gasteiger partial charge in [-0.1, -0.05) is 0 Å². The summed E-state index contributed by atoms with van der Waals surface area (Å²) in [5.41, 5.74) is 1.69. The Kier molecular flexibility index (Phi) is 4.25. The molecule has 0 fully saturated rings. The fraction of sp³-hybridized carbons (Fsp3) is 0.235. The number of halogens is 2. The molecule has 0 saturated carbocycles. The number of nitrogens with zero attached hydrogens (tertiary/aromatic N) is 2. The van der Waals surface area contributed by atoms with E-state index in [2.05, 4.69) is 15.1 Å². The molecule has 3 rings (SSSR count). The van der Waals surface area contributed by atoms with Gasteiger partial charge in [0, 0.05) is 23.7 Å². The van der Waals surface area contributed by atoms with E-state index in [1.165, 1.54) is 12.1 Å². The van der Waals surface area contributed by atoms with Crippen LogP contribution in [0.1, 0.15) is 24.3 Å². The van der Waals surface area contributed by atoms with Crippen molar-refractivity contribution in [1.82, 2.24) is 15.1 Å². The van der Waals surface area contributed by atoms with E-state index in [1.807, 2.05) is 26.1 Å². The predicted molar refractivity (Wildman–Crippen MR) is 82.5 cm³/mol. The Bertz CT molecular complexity index is 783. The summed E-state index contributed by atoms with van der Waals surface area (Å²) >= 11 is 0. The van der Waals surface area contributed by atoms with Crippen molar-refractivity contribution in [3.05, 3.63) is 65.7 Å². The first-order valence-electron chi connectivity index (χ1n) is 7.27. The second-order valence-corrected chi connectivity index (χ2v) is 5.50. The van der Waals surface area contributed by atoms with Gasteiger partial charge in [0.1, 0.15) is 17.4 Å². The van der Waals surface area contributed by atoms with E-state index in [0.29, 0.717) is 17.8 Å². The average molecular weight is 317 g/mol. The number of benzene rings is 1. The summed E-state index contributed by atoms with van der Waals surface area (Å²) in [6.45, 7) is 2.57. The maximum Gasteiger partial charge on any atom is 0.135 e. The molecule has 4 nitrogen and oxygen atoms in total. The van der Waals surface area contributed by atoms with Gasteiger partial charge in [0.15, 0.2) is 0 Å². The van der Waals surface area contributed by atoms with Crippen molar-refractivity contribution in [2.75, 3.05) is 7.05 Å². The Morgan fingerprint density at radius 1 is 1.30 bits per heavy atom. The first-order valence-corrected chi connectivity index (χ1v) is 7.27.